The van der Waals surface area contributed by atoms with Crippen LogP contribution in [0.5, 0.6) is 0 Å². The summed E-state index contributed by atoms with van der Waals surface area (Å²) in [6.07, 6.45) is 5.32. The van der Waals surface area contributed by atoms with E-state index in [0.717, 1.165) is 11.3 Å². The van der Waals surface area contributed by atoms with Crippen molar-refractivity contribution in [2.75, 3.05) is 11.1 Å². The highest BCUT2D eigenvalue weighted by atomic mass is 15.1. The molecular weight excluding hydrogens is 262 g/mol. The summed E-state index contributed by atoms with van der Waals surface area (Å²) in [4.78, 5) is 8.62. The molecule has 3 aromatic rings. The predicted octanol–water partition coefficient (Wildman–Crippen LogP) is 3.35. The van der Waals surface area contributed by atoms with Crippen LogP contribution in [0.2, 0.25) is 0 Å². The Morgan fingerprint density at radius 1 is 1.14 bits per heavy atom. The number of benzene rings is 1. The molecule has 2 heterocycles. The van der Waals surface area contributed by atoms with E-state index < -0.39 is 0 Å². The molecule has 0 aliphatic heterocycles. The van der Waals surface area contributed by atoms with E-state index >= 15 is 0 Å². The average molecular weight is 281 g/mol. The van der Waals surface area contributed by atoms with E-state index in [1.807, 2.05) is 22.7 Å². The smallest absolute Gasteiger partial charge is 0.180 e. The number of nitrogens with one attached hydrogen (secondary N) is 1. The van der Waals surface area contributed by atoms with Crippen molar-refractivity contribution in [1.29, 1.82) is 0 Å². The first-order chi connectivity index (χ1) is 9.93. The fraction of sp³-hybridized carbons (Fsp3) is 0.250. The van der Waals surface area contributed by atoms with Gasteiger partial charge in [0.05, 0.1) is 6.20 Å². The van der Waals surface area contributed by atoms with Crippen molar-refractivity contribution in [3.05, 3.63) is 48.4 Å². The fourth-order valence-corrected chi connectivity index (χ4v) is 2.23. The van der Waals surface area contributed by atoms with Crippen LogP contribution in [0.25, 0.3) is 5.65 Å². The SMILES string of the molecule is CC(C)(C)c1ccc(Nc2nc(N)cn3ccnc23)cc1. The fourth-order valence-electron chi connectivity index (χ4n) is 2.23. The number of nitrogens with zero attached hydrogens (tertiary/aromatic N) is 3. The Bertz CT molecular complexity index is 765. The van der Waals surface area contributed by atoms with Crippen LogP contribution in [0.4, 0.5) is 17.3 Å². The molecule has 0 atom stereocenters. The predicted molar refractivity (Wildman–Crippen MR) is 85.8 cm³/mol. The van der Waals surface area contributed by atoms with Gasteiger partial charge in [-0.25, -0.2) is 9.97 Å². The molecule has 3 rings (SSSR count). The third-order valence-electron chi connectivity index (χ3n) is 3.41. The highest BCUT2D eigenvalue weighted by molar-refractivity contribution is 5.71. The van der Waals surface area contributed by atoms with Crippen LogP contribution in [0.1, 0.15) is 26.3 Å². The van der Waals surface area contributed by atoms with Crippen molar-refractivity contribution in [3.63, 3.8) is 0 Å². The second-order valence-electron chi connectivity index (χ2n) is 6.12. The van der Waals surface area contributed by atoms with Gasteiger partial charge in [-0.2, -0.15) is 0 Å². The van der Waals surface area contributed by atoms with Crippen LogP contribution >= 0.6 is 0 Å². The Labute approximate surface area is 123 Å². The number of imidazole rings is 1. The van der Waals surface area contributed by atoms with Crippen molar-refractivity contribution in [2.24, 2.45) is 0 Å². The van der Waals surface area contributed by atoms with Gasteiger partial charge in [-0.1, -0.05) is 32.9 Å². The van der Waals surface area contributed by atoms with Crippen molar-refractivity contribution in [3.8, 4) is 0 Å². The van der Waals surface area contributed by atoms with Crippen LogP contribution in [-0.2, 0) is 5.41 Å². The lowest BCUT2D eigenvalue weighted by Gasteiger charge is -2.19. The van der Waals surface area contributed by atoms with E-state index in [0.29, 0.717) is 11.6 Å². The standard InChI is InChI=1S/C16H19N5/c1-16(2,3)11-4-6-12(7-5-11)19-14-15-18-8-9-21(15)10-13(17)20-14/h4-10H,17H2,1-3H3,(H,19,20). The van der Waals surface area contributed by atoms with E-state index in [-0.39, 0.29) is 5.41 Å². The molecule has 0 saturated heterocycles. The highest BCUT2D eigenvalue weighted by Gasteiger charge is 2.13. The third-order valence-corrected chi connectivity index (χ3v) is 3.41. The van der Waals surface area contributed by atoms with Crippen molar-refractivity contribution in [1.82, 2.24) is 14.4 Å². The summed E-state index contributed by atoms with van der Waals surface area (Å²) in [6, 6.07) is 8.34. The zero-order valence-electron chi connectivity index (χ0n) is 12.5. The Morgan fingerprint density at radius 2 is 1.86 bits per heavy atom. The number of fused-ring (bicyclic) bond motifs is 1. The second-order valence-corrected chi connectivity index (χ2v) is 6.12. The summed E-state index contributed by atoms with van der Waals surface area (Å²) < 4.78 is 1.86. The van der Waals surface area contributed by atoms with Gasteiger partial charge < -0.3 is 15.5 Å². The number of hydrogen-bond donors (Lipinski definition) is 2. The first kappa shape index (κ1) is 13.4. The van der Waals surface area contributed by atoms with Crippen molar-refractivity contribution >= 4 is 23.0 Å². The molecule has 21 heavy (non-hydrogen) atoms. The van der Waals surface area contributed by atoms with E-state index in [4.69, 9.17) is 5.73 Å². The molecule has 0 aliphatic carbocycles. The molecule has 0 spiro atoms. The molecule has 108 valence electrons. The first-order valence-electron chi connectivity index (χ1n) is 6.90. The molecule has 0 bridgehead atoms. The molecular formula is C16H19N5. The number of anilines is 3. The maximum atomic E-state index is 5.82. The van der Waals surface area contributed by atoms with Crippen LogP contribution in [0, 0.1) is 0 Å². The molecule has 1 aromatic carbocycles. The lowest BCUT2D eigenvalue weighted by atomic mass is 9.87. The maximum Gasteiger partial charge on any atom is 0.180 e. The summed E-state index contributed by atoms with van der Waals surface area (Å²) in [5.41, 5.74) is 8.97. The van der Waals surface area contributed by atoms with E-state index in [1.165, 1.54) is 5.56 Å². The molecule has 0 radical (unpaired) electrons. The van der Waals surface area contributed by atoms with Gasteiger partial charge in [0.15, 0.2) is 11.5 Å². The minimum Gasteiger partial charge on any atom is -0.382 e. The lowest BCUT2D eigenvalue weighted by Crippen LogP contribution is -2.10. The van der Waals surface area contributed by atoms with Crippen LogP contribution in [0.15, 0.2) is 42.9 Å². The Balaban J connectivity index is 1.93. The zero-order chi connectivity index (χ0) is 15.0. The number of hydrogen-bond acceptors (Lipinski definition) is 4. The first-order valence-corrected chi connectivity index (χ1v) is 6.90. The van der Waals surface area contributed by atoms with Crippen LogP contribution < -0.4 is 11.1 Å². The Kier molecular flexibility index (Phi) is 3.05. The van der Waals surface area contributed by atoms with E-state index in [2.05, 4.69) is 48.2 Å². The normalized spacial score (nSPS) is 11.8. The molecule has 0 amide bonds. The van der Waals surface area contributed by atoms with Gasteiger partial charge in [-0.15, -0.1) is 0 Å². The van der Waals surface area contributed by atoms with Gasteiger partial charge in [-0.05, 0) is 23.1 Å². The number of rotatable bonds is 2. The van der Waals surface area contributed by atoms with Crippen LogP contribution in [0.3, 0.4) is 0 Å². The van der Waals surface area contributed by atoms with Crippen molar-refractivity contribution < 1.29 is 0 Å². The van der Waals surface area contributed by atoms with Gasteiger partial charge in [0, 0.05) is 18.1 Å². The molecule has 0 fully saturated rings. The second kappa shape index (κ2) is 4.77. The summed E-state index contributed by atoms with van der Waals surface area (Å²) in [6.45, 7) is 6.59. The molecule has 2 aromatic heterocycles. The number of nitrogens with two attached hydrogens (primary N) is 1. The van der Waals surface area contributed by atoms with Gasteiger partial charge in [0.25, 0.3) is 0 Å². The topological polar surface area (TPSA) is 68.2 Å². The molecule has 5 nitrogen and oxygen atoms in total. The molecule has 0 unspecified atom stereocenters. The van der Waals surface area contributed by atoms with Gasteiger partial charge >= 0.3 is 0 Å². The number of aromatic nitrogens is 3. The Morgan fingerprint density at radius 3 is 2.52 bits per heavy atom. The van der Waals surface area contributed by atoms with Crippen molar-refractivity contribution in [2.45, 2.75) is 26.2 Å². The van der Waals surface area contributed by atoms with Gasteiger partial charge in [0.2, 0.25) is 0 Å². The zero-order valence-corrected chi connectivity index (χ0v) is 12.5. The monoisotopic (exact) mass is 281 g/mol. The highest BCUT2D eigenvalue weighted by Crippen LogP contribution is 2.25. The number of nitrogen functional groups attached to an aromatic ring is 1. The van der Waals surface area contributed by atoms with Gasteiger partial charge in [0.1, 0.15) is 5.82 Å². The third kappa shape index (κ3) is 2.67. The van der Waals surface area contributed by atoms with Gasteiger partial charge in [-0.3, -0.25) is 0 Å². The molecule has 5 heteroatoms. The summed E-state index contributed by atoms with van der Waals surface area (Å²) in [5.74, 6) is 1.11. The molecule has 0 aliphatic rings. The summed E-state index contributed by atoms with van der Waals surface area (Å²) in [7, 11) is 0. The van der Waals surface area contributed by atoms with Crippen LogP contribution in [-0.4, -0.2) is 14.4 Å². The molecule has 0 saturated carbocycles. The minimum absolute atomic E-state index is 0.143. The summed E-state index contributed by atoms with van der Waals surface area (Å²) in [5, 5.41) is 3.28. The minimum atomic E-state index is 0.143. The van der Waals surface area contributed by atoms with E-state index in [1.54, 1.807) is 12.4 Å². The quantitative estimate of drug-likeness (QED) is 0.756. The average Bonchev–Trinajstić information content (AvgIpc) is 2.86. The maximum absolute atomic E-state index is 5.82. The van der Waals surface area contributed by atoms with E-state index in [9.17, 15) is 0 Å². The summed E-state index contributed by atoms with van der Waals surface area (Å²) >= 11 is 0. The Hall–Kier alpha value is -2.56. The largest absolute Gasteiger partial charge is 0.382 e. The lowest BCUT2D eigenvalue weighted by molar-refractivity contribution is 0.590. The molecule has 3 N–H and O–H groups in total.